The SMILES string of the molecule is CCC[C@@H](NC(=O)N1C(=O)C(CC)(CC)[C@@H]1Oc1ccc(C(=O)O)c(CCN2CCN(C)CC2)c1)c1ccc(C)cc1. The van der Waals surface area contributed by atoms with E-state index in [0.717, 1.165) is 56.7 Å². The van der Waals surface area contributed by atoms with Gasteiger partial charge in [-0.05, 0) is 69.0 Å². The van der Waals surface area contributed by atoms with E-state index in [-0.39, 0.29) is 17.5 Å². The number of β-lactam (4-membered cyclic amide) rings is 1. The summed E-state index contributed by atoms with van der Waals surface area (Å²) in [6.07, 6.45) is 2.43. The second kappa shape index (κ2) is 13.7. The molecule has 2 fully saturated rings. The minimum atomic E-state index is -0.982. The number of carbonyl (C=O) groups is 3. The highest BCUT2D eigenvalue weighted by Gasteiger charge is 2.63. The molecule has 9 nitrogen and oxygen atoms in total. The molecule has 0 saturated carbocycles. The predicted octanol–water partition coefficient (Wildman–Crippen LogP) is 5.09. The number of urea groups is 1. The number of benzene rings is 2. The largest absolute Gasteiger partial charge is 0.478 e. The van der Waals surface area contributed by atoms with Gasteiger partial charge in [-0.2, -0.15) is 0 Å². The number of imide groups is 1. The first-order chi connectivity index (χ1) is 20.1. The lowest BCUT2D eigenvalue weighted by atomic mass is 9.72. The first-order valence-corrected chi connectivity index (χ1v) is 15.3. The molecule has 0 radical (unpaired) electrons. The Morgan fingerprint density at radius 2 is 1.71 bits per heavy atom. The van der Waals surface area contributed by atoms with Gasteiger partial charge < -0.3 is 25.0 Å². The van der Waals surface area contributed by atoms with Gasteiger partial charge in [-0.3, -0.25) is 4.79 Å². The van der Waals surface area contributed by atoms with Crippen LogP contribution >= 0.6 is 0 Å². The molecule has 2 atom stereocenters. The van der Waals surface area contributed by atoms with Crippen LogP contribution in [0.15, 0.2) is 42.5 Å². The van der Waals surface area contributed by atoms with Gasteiger partial charge in [-0.25, -0.2) is 14.5 Å². The smallest absolute Gasteiger partial charge is 0.335 e. The van der Waals surface area contributed by atoms with Crippen LogP contribution in [0.2, 0.25) is 0 Å². The highest BCUT2D eigenvalue weighted by atomic mass is 16.5. The molecule has 2 N–H and O–H groups in total. The zero-order valence-corrected chi connectivity index (χ0v) is 25.7. The molecule has 3 amide bonds. The van der Waals surface area contributed by atoms with E-state index in [1.807, 2.05) is 45.0 Å². The second-order valence-electron chi connectivity index (χ2n) is 11.7. The van der Waals surface area contributed by atoms with Crippen molar-refractivity contribution in [3.8, 4) is 5.75 Å². The summed E-state index contributed by atoms with van der Waals surface area (Å²) in [7, 11) is 2.11. The summed E-state index contributed by atoms with van der Waals surface area (Å²) in [5.41, 5.74) is 2.23. The molecule has 2 aliphatic heterocycles. The third-order valence-electron chi connectivity index (χ3n) is 9.04. The van der Waals surface area contributed by atoms with Gasteiger partial charge in [-0.1, -0.05) is 57.0 Å². The first kappa shape index (κ1) is 31.5. The topological polar surface area (TPSA) is 102 Å². The summed E-state index contributed by atoms with van der Waals surface area (Å²) in [4.78, 5) is 45.0. The highest BCUT2D eigenvalue weighted by molar-refractivity contribution is 6.03. The molecule has 0 spiro atoms. The van der Waals surface area contributed by atoms with Gasteiger partial charge in [0.1, 0.15) is 11.2 Å². The lowest BCUT2D eigenvalue weighted by Crippen LogP contribution is -2.73. The maximum atomic E-state index is 13.6. The highest BCUT2D eigenvalue weighted by Crippen LogP contribution is 2.46. The van der Waals surface area contributed by atoms with Crippen molar-refractivity contribution < 1.29 is 24.2 Å². The molecule has 228 valence electrons. The molecular formula is C33H46N4O5. The minimum absolute atomic E-state index is 0.231. The number of hydrogen-bond donors (Lipinski definition) is 2. The normalized spacial score (nSPS) is 19.7. The fourth-order valence-corrected chi connectivity index (χ4v) is 6.06. The number of nitrogens with one attached hydrogen (secondary N) is 1. The van der Waals surface area contributed by atoms with Crippen LogP contribution in [0.3, 0.4) is 0 Å². The maximum absolute atomic E-state index is 13.6. The number of aryl methyl sites for hydroxylation is 1. The zero-order valence-electron chi connectivity index (χ0n) is 25.7. The Morgan fingerprint density at radius 1 is 1.05 bits per heavy atom. The molecule has 2 aromatic carbocycles. The van der Waals surface area contributed by atoms with Gasteiger partial charge >= 0.3 is 12.0 Å². The van der Waals surface area contributed by atoms with E-state index in [1.54, 1.807) is 18.2 Å². The third kappa shape index (κ3) is 6.63. The quantitative estimate of drug-likeness (QED) is 0.339. The number of hydrogen-bond acceptors (Lipinski definition) is 6. The van der Waals surface area contributed by atoms with Crippen molar-refractivity contribution in [1.29, 1.82) is 0 Å². The molecule has 9 heteroatoms. The van der Waals surface area contributed by atoms with Gasteiger partial charge in [0.05, 0.1) is 11.6 Å². The number of ether oxygens (including phenoxy) is 1. The van der Waals surface area contributed by atoms with Gasteiger partial charge in [-0.15, -0.1) is 0 Å². The maximum Gasteiger partial charge on any atom is 0.335 e. The third-order valence-corrected chi connectivity index (χ3v) is 9.04. The monoisotopic (exact) mass is 578 g/mol. The fraction of sp³-hybridized carbons (Fsp3) is 0.545. The van der Waals surface area contributed by atoms with Crippen molar-refractivity contribution in [3.63, 3.8) is 0 Å². The van der Waals surface area contributed by atoms with E-state index in [9.17, 15) is 19.5 Å². The first-order valence-electron chi connectivity index (χ1n) is 15.3. The fourth-order valence-electron chi connectivity index (χ4n) is 6.06. The molecule has 0 unspecified atom stereocenters. The van der Waals surface area contributed by atoms with Crippen LogP contribution in [-0.4, -0.2) is 83.7 Å². The summed E-state index contributed by atoms with van der Waals surface area (Å²) in [5, 5.41) is 12.9. The van der Waals surface area contributed by atoms with E-state index < -0.39 is 23.6 Å². The standard InChI is InChI=1S/C33H46N4O5/c1-6-9-28(24-12-10-23(4)11-13-24)34-32(41)37-30(40)33(7-2,8-3)31(37)42-26-14-15-27(29(38)39)25(22-26)16-17-36-20-18-35(5)19-21-36/h10-15,22,28,31H,6-9,16-21H2,1-5H3,(H,34,41)(H,38,39)/t28-,31+/m1/s1. The Labute approximate surface area is 249 Å². The minimum Gasteiger partial charge on any atom is -0.478 e. The summed E-state index contributed by atoms with van der Waals surface area (Å²) < 4.78 is 6.43. The van der Waals surface area contributed by atoms with Gasteiger partial charge in [0, 0.05) is 32.7 Å². The van der Waals surface area contributed by atoms with Crippen LogP contribution < -0.4 is 10.1 Å². The van der Waals surface area contributed by atoms with E-state index >= 15 is 0 Å². The molecule has 4 rings (SSSR count). The van der Waals surface area contributed by atoms with Crippen molar-refractivity contribution in [2.45, 2.75) is 72.1 Å². The number of piperazine rings is 1. The Hall–Kier alpha value is -3.43. The number of carboxylic acids is 1. The lowest BCUT2D eigenvalue weighted by Gasteiger charge is -2.53. The summed E-state index contributed by atoms with van der Waals surface area (Å²) in [6.45, 7) is 12.6. The Morgan fingerprint density at radius 3 is 2.31 bits per heavy atom. The molecule has 2 heterocycles. The van der Waals surface area contributed by atoms with Crippen LogP contribution in [0.4, 0.5) is 4.79 Å². The number of rotatable bonds is 12. The molecule has 0 aliphatic carbocycles. The molecule has 2 saturated heterocycles. The summed E-state index contributed by atoms with van der Waals surface area (Å²) >= 11 is 0. The van der Waals surface area contributed by atoms with Gasteiger partial charge in [0.15, 0.2) is 6.23 Å². The van der Waals surface area contributed by atoms with Crippen molar-refractivity contribution in [2.24, 2.45) is 5.41 Å². The lowest BCUT2D eigenvalue weighted by molar-refractivity contribution is -0.191. The molecule has 0 aromatic heterocycles. The molecule has 0 bridgehead atoms. The van der Waals surface area contributed by atoms with E-state index in [4.69, 9.17) is 4.74 Å². The number of likely N-dealkylation sites (tertiary alicyclic amines) is 1. The Bertz CT molecular complexity index is 1250. The predicted molar refractivity (Wildman–Crippen MR) is 163 cm³/mol. The number of nitrogens with zero attached hydrogens (tertiary/aromatic N) is 3. The van der Waals surface area contributed by atoms with Crippen LogP contribution in [0.25, 0.3) is 0 Å². The second-order valence-corrected chi connectivity index (χ2v) is 11.7. The average molecular weight is 579 g/mol. The van der Waals surface area contributed by atoms with Crippen LogP contribution in [0.1, 0.15) is 79.5 Å². The van der Waals surface area contributed by atoms with E-state index in [1.165, 1.54) is 4.90 Å². The van der Waals surface area contributed by atoms with E-state index in [0.29, 0.717) is 30.6 Å². The molecule has 2 aromatic rings. The van der Waals surface area contributed by atoms with Crippen molar-refractivity contribution >= 4 is 17.9 Å². The van der Waals surface area contributed by atoms with Crippen molar-refractivity contribution in [2.75, 3.05) is 39.8 Å². The summed E-state index contributed by atoms with van der Waals surface area (Å²) in [5.74, 6) is -0.769. The molecule has 2 aliphatic rings. The number of amides is 3. The number of likely N-dealkylation sites (N-methyl/N-ethyl adjacent to an activating group) is 1. The Kier molecular flexibility index (Phi) is 10.3. The van der Waals surface area contributed by atoms with Gasteiger partial charge in [0.25, 0.3) is 0 Å². The number of aromatic carboxylic acids is 1. The van der Waals surface area contributed by atoms with Gasteiger partial charge in [0.2, 0.25) is 5.91 Å². The number of carbonyl (C=O) groups excluding carboxylic acids is 2. The number of carboxylic acid groups (broad SMARTS) is 1. The average Bonchev–Trinajstić information content (AvgIpc) is 2.97. The zero-order chi connectivity index (χ0) is 30.4. The van der Waals surface area contributed by atoms with Crippen molar-refractivity contribution in [1.82, 2.24) is 20.0 Å². The van der Waals surface area contributed by atoms with Crippen LogP contribution in [0, 0.1) is 12.3 Å². The van der Waals surface area contributed by atoms with E-state index in [2.05, 4.69) is 29.1 Å². The van der Waals surface area contributed by atoms with Crippen LogP contribution in [-0.2, 0) is 11.2 Å². The van der Waals surface area contributed by atoms with Crippen LogP contribution in [0.5, 0.6) is 5.75 Å². The van der Waals surface area contributed by atoms with Crippen molar-refractivity contribution in [3.05, 3.63) is 64.7 Å². The molecular weight excluding hydrogens is 532 g/mol. The molecule has 42 heavy (non-hydrogen) atoms. The Balaban J connectivity index is 1.55. The summed E-state index contributed by atoms with van der Waals surface area (Å²) in [6, 6.07) is 12.3.